The van der Waals surface area contributed by atoms with Gasteiger partial charge in [-0.05, 0) is 105 Å². The largest absolute Gasteiger partial charge is 0.507 e. The zero-order valence-electron chi connectivity index (χ0n) is 36.8. The van der Waals surface area contributed by atoms with Crippen molar-refractivity contribution in [3.8, 4) is 22.6 Å². The molecule has 7 rings (SSSR count). The molecule has 0 radical (unpaired) electrons. The molecule has 5 aliphatic rings. The van der Waals surface area contributed by atoms with Crippen LogP contribution in [0.4, 0.5) is 0 Å². The fourth-order valence-corrected chi connectivity index (χ4v) is 10.0. The third kappa shape index (κ3) is 10.1. The molecule has 4 fully saturated rings. The minimum Gasteiger partial charge on any atom is -0.507 e. The van der Waals surface area contributed by atoms with Crippen LogP contribution in [0.1, 0.15) is 115 Å². The normalized spacial score (nSPS) is 26.8. The molecule has 2 aromatic rings. The van der Waals surface area contributed by atoms with Crippen LogP contribution in [0.5, 0.6) is 11.5 Å². The van der Waals surface area contributed by atoms with Crippen molar-refractivity contribution in [3.63, 3.8) is 0 Å². The molecule has 10 N–H and O–H groups in total. The van der Waals surface area contributed by atoms with Gasteiger partial charge in [0, 0.05) is 31.0 Å². The number of aromatic hydroxyl groups is 2. The maximum atomic E-state index is 14.4. The zero-order chi connectivity index (χ0) is 44.9. The van der Waals surface area contributed by atoms with Gasteiger partial charge in [-0.25, -0.2) is 0 Å². The first-order valence-electron chi connectivity index (χ1n) is 22.4. The highest BCUT2D eigenvalue weighted by Crippen LogP contribution is 2.65. The van der Waals surface area contributed by atoms with E-state index in [1.54, 1.807) is 12.1 Å². The predicted octanol–water partition coefficient (Wildman–Crippen LogP) is 3.06. The standard InChI is InChI=1S/C45H66BN7O9/c1-6-7-8-9-10-14-37(56)50-31(13-11-12-19-47)43(60)53(5)38-27-16-18-34(55)30(22-27)29-20-26(15-17-33(29)54)21-32(51-42(59)39(48)52-41(38)58)40(57)49-25-46-61-36-24-28-23-35(44(28,2)3)45(36,4)62-46/h15-18,20,22,28,31-32,35-36,38-39,54-55H,6-14,19,21,23-25,47-48H2,1-5H3,(H,49,57)(H,50,56)(H,51,59)(H,52,58). The van der Waals surface area contributed by atoms with Gasteiger partial charge in [0.15, 0.2) is 6.17 Å². The Bertz CT molecular complexity index is 1980. The molecule has 17 heteroatoms. The van der Waals surface area contributed by atoms with E-state index in [0.29, 0.717) is 43.2 Å². The summed E-state index contributed by atoms with van der Waals surface area (Å²) < 4.78 is 12.8. The summed E-state index contributed by atoms with van der Waals surface area (Å²) in [5.74, 6) is -2.67. The van der Waals surface area contributed by atoms with Gasteiger partial charge >= 0.3 is 7.12 Å². The lowest BCUT2D eigenvalue weighted by Gasteiger charge is -2.64. The Kier molecular flexibility index (Phi) is 14.9. The van der Waals surface area contributed by atoms with Crippen LogP contribution in [-0.2, 0) is 39.7 Å². The van der Waals surface area contributed by atoms with Crippen LogP contribution in [-0.4, -0.2) is 102 Å². The van der Waals surface area contributed by atoms with Crippen LogP contribution in [0.25, 0.3) is 11.1 Å². The molecule has 2 heterocycles. The van der Waals surface area contributed by atoms with Crippen molar-refractivity contribution in [2.75, 3.05) is 20.0 Å². The second kappa shape index (κ2) is 19.8. The van der Waals surface area contributed by atoms with E-state index in [-0.39, 0.29) is 71.3 Å². The number of carbonyl (C=O) groups excluding carboxylic acids is 5. The summed E-state index contributed by atoms with van der Waals surface area (Å²) in [6.45, 7) is 9.12. The third-order valence-corrected chi connectivity index (χ3v) is 13.9. The molecule has 3 saturated carbocycles. The summed E-state index contributed by atoms with van der Waals surface area (Å²) in [5.41, 5.74) is 12.8. The molecule has 6 bridgehead atoms. The van der Waals surface area contributed by atoms with Gasteiger partial charge in [0.2, 0.25) is 23.6 Å². The molecule has 0 spiro atoms. The van der Waals surface area contributed by atoms with Crippen LogP contribution >= 0.6 is 0 Å². The van der Waals surface area contributed by atoms with Gasteiger partial charge < -0.3 is 57.2 Å². The maximum Gasteiger partial charge on any atom is 0.478 e. The van der Waals surface area contributed by atoms with Crippen molar-refractivity contribution in [1.29, 1.82) is 0 Å². The number of hydrogen-bond acceptors (Lipinski definition) is 11. The summed E-state index contributed by atoms with van der Waals surface area (Å²) in [6, 6.07) is 5.26. The number of hydrogen-bond donors (Lipinski definition) is 8. The molecule has 5 amide bonds. The number of likely N-dealkylation sites (N-methyl/N-ethyl adjacent to an activating group) is 1. The number of phenols is 2. The Labute approximate surface area is 365 Å². The van der Waals surface area contributed by atoms with E-state index in [1.807, 2.05) is 0 Å². The number of phenolic OH excluding ortho intramolecular Hbond substituents is 2. The fraction of sp³-hybridized carbons (Fsp3) is 0.622. The molecule has 8 atom stereocenters. The number of benzene rings is 2. The second-order valence-electron chi connectivity index (χ2n) is 18.4. The van der Waals surface area contributed by atoms with E-state index in [4.69, 9.17) is 20.8 Å². The third-order valence-electron chi connectivity index (χ3n) is 13.9. The minimum absolute atomic E-state index is 0.0219. The van der Waals surface area contributed by atoms with Gasteiger partial charge in [0.25, 0.3) is 5.91 Å². The van der Waals surface area contributed by atoms with Crippen LogP contribution in [0.15, 0.2) is 36.4 Å². The number of carbonyl (C=O) groups is 5. The second-order valence-corrected chi connectivity index (χ2v) is 18.4. The van der Waals surface area contributed by atoms with Gasteiger partial charge in [-0.3, -0.25) is 24.0 Å². The van der Waals surface area contributed by atoms with E-state index in [2.05, 4.69) is 49.0 Å². The van der Waals surface area contributed by atoms with Crippen molar-refractivity contribution >= 4 is 36.7 Å². The number of unbranched alkanes of at least 4 members (excludes halogenated alkanes) is 5. The Balaban J connectivity index is 1.24. The van der Waals surface area contributed by atoms with Gasteiger partial charge in [-0.2, -0.15) is 0 Å². The molecule has 2 aromatic carbocycles. The topological polar surface area (TPSA) is 248 Å². The lowest BCUT2D eigenvalue weighted by atomic mass is 9.43. The van der Waals surface area contributed by atoms with Crippen molar-refractivity contribution in [3.05, 3.63) is 47.5 Å². The monoisotopic (exact) mass is 860 g/mol. The highest BCUT2D eigenvalue weighted by Gasteiger charge is 2.67. The van der Waals surface area contributed by atoms with E-state index < -0.39 is 60.6 Å². The van der Waals surface area contributed by atoms with Crippen LogP contribution < -0.4 is 32.7 Å². The number of fused-ring (bicyclic) bond motifs is 5. The first-order valence-corrected chi connectivity index (χ1v) is 22.4. The molecule has 8 unspecified atom stereocenters. The average Bonchev–Trinajstić information content (AvgIpc) is 3.59. The van der Waals surface area contributed by atoms with Crippen LogP contribution in [0.2, 0.25) is 0 Å². The number of amides is 5. The zero-order valence-corrected chi connectivity index (χ0v) is 36.8. The summed E-state index contributed by atoms with van der Waals surface area (Å²) in [6.07, 6.45) is 6.54. The average molecular weight is 860 g/mol. The van der Waals surface area contributed by atoms with Gasteiger partial charge in [-0.15, -0.1) is 0 Å². The SMILES string of the molecule is CCCCCCCC(=O)NC(CCCCN)C(=O)N(C)C1C(=O)NC(N)C(=O)NC(C(=O)NCB2OC3CC4CC(C4(C)C)C3(C)O2)Cc2ccc(O)c(c2)-c2cc1ccc2O. The summed E-state index contributed by atoms with van der Waals surface area (Å²) in [4.78, 5) is 70.7. The summed E-state index contributed by atoms with van der Waals surface area (Å²) >= 11 is 0. The fourth-order valence-electron chi connectivity index (χ4n) is 10.0. The lowest BCUT2D eigenvalue weighted by Crippen LogP contribution is -2.65. The number of rotatable bonds is 16. The Hall–Kier alpha value is -4.71. The molecular formula is C45H66BN7O9. The molecule has 1 saturated heterocycles. The van der Waals surface area contributed by atoms with E-state index in [1.165, 1.54) is 36.2 Å². The molecule has 338 valence electrons. The van der Waals surface area contributed by atoms with Gasteiger partial charge in [-0.1, -0.05) is 58.6 Å². The number of nitrogens with two attached hydrogens (primary N) is 2. The molecule has 16 nitrogen and oxygen atoms in total. The quantitative estimate of drug-likeness (QED) is 0.0901. The smallest absolute Gasteiger partial charge is 0.478 e. The molecule has 0 aromatic heterocycles. The summed E-state index contributed by atoms with van der Waals surface area (Å²) in [7, 11) is 0.715. The molecule has 2 aliphatic heterocycles. The first kappa shape index (κ1) is 46.8. The summed E-state index contributed by atoms with van der Waals surface area (Å²) in [5, 5.41) is 33.2. The van der Waals surface area contributed by atoms with Crippen molar-refractivity contribution in [2.45, 2.75) is 141 Å². The number of nitrogens with one attached hydrogen (secondary N) is 4. The highest BCUT2D eigenvalue weighted by molar-refractivity contribution is 6.46. The number of nitrogens with zero attached hydrogens (tertiary/aromatic N) is 1. The Morgan fingerprint density at radius 2 is 1.66 bits per heavy atom. The maximum absolute atomic E-state index is 14.4. The predicted molar refractivity (Wildman–Crippen MR) is 234 cm³/mol. The van der Waals surface area contributed by atoms with Crippen LogP contribution in [0.3, 0.4) is 0 Å². The van der Waals surface area contributed by atoms with Crippen molar-refractivity contribution in [2.24, 2.45) is 28.7 Å². The first-order chi connectivity index (χ1) is 29.5. The Morgan fingerprint density at radius 1 is 0.952 bits per heavy atom. The van der Waals surface area contributed by atoms with E-state index >= 15 is 0 Å². The molecule has 62 heavy (non-hydrogen) atoms. The van der Waals surface area contributed by atoms with Gasteiger partial charge in [0.1, 0.15) is 29.6 Å². The van der Waals surface area contributed by atoms with Gasteiger partial charge in [0.05, 0.1) is 18.1 Å². The van der Waals surface area contributed by atoms with E-state index in [0.717, 1.165) is 38.5 Å². The highest BCUT2D eigenvalue weighted by atomic mass is 16.7. The Morgan fingerprint density at radius 3 is 2.37 bits per heavy atom. The van der Waals surface area contributed by atoms with E-state index in [9.17, 15) is 34.2 Å². The molecule has 3 aliphatic carbocycles. The van der Waals surface area contributed by atoms with Crippen LogP contribution in [0, 0.1) is 17.3 Å². The molecular weight excluding hydrogens is 793 g/mol. The minimum atomic E-state index is -1.66. The lowest BCUT2D eigenvalue weighted by molar-refractivity contribution is -0.199. The van der Waals surface area contributed by atoms with Crippen molar-refractivity contribution in [1.82, 2.24) is 26.2 Å². The van der Waals surface area contributed by atoms with Crippen molar-refractivity contribution < 1.29 is 43.5 Å².